The van der Waals surface area contributed by atoms with Gasteiger partial charge in [0.1, 0.15) is 5.75 Å². The molecule has 0 heterocycles. The molecular formula is C17H17IN2O3. The van der Waals surface area contributed by atoms with E-state index in [0.717, 1.165) is 15.6 Å². The summed E-state index contributed by atoms with van der Waals surface area (Å²) in [6, 6.07) is 14.7. The van der Waals surface area contributed by atoms with E-state index >= 15 is 0 Å². The molecule has 0 radical (unpaired) electrons. The van der Waals surface area contributed by atoms with Crippen LogP contribution in [0, 0.1) is 3.57 Å². The lowest BCUT2D eigenvalue weighted by atomic mass is 10.2. The van der Waals surface area contributed by atoms with Crippen LogP contribution in [0.4, 0.5) is 0 Å². The van der Waals surface area contributed by atoms with Crippen molar-refractivity contribution in [3.8, 4) is 5.75 Å². The van der Waals surface area contributed by atoms with E-state index in [4.69, 9.17) is 4.74 Å². The normalized spacial score (nSPS) is 10.0. The smallest absolute Gasteiger partial charge is 0.276 e. The van der Waals surface area contributed by atoms with Gasteiger partial charge in [0.2, 0.25) is 0 Å². The zero-order chi connectivity index (χ0) is 16.7. The second-order valence-electron chi connectivity index (χ2n) is 4.77. The lowest BCUT2D eigenvalue weighted by molar-refractivity contribution is -0.123. The number of carbonyl (C=O) groups excluding carboxylic acids is 2. The minimum absolute atomic E-state index is 0.167. The highest BCUT2D eigenvalue weighted by molar-refractivity contribution is 14.1. The van der Waals surface area contributed by atoms with E-state index in [1.807, 2.05) is 37.3 Å². The van der Waals surface area contributed by atoms with Crippen LogP contribution in [-0.4, -0.2) is 18.4 Å². The summed E-state index contributed by atoms with van der Waals surface area (Å²) in [5, 5.41) is 0. The Morgan fingerprint density at radius 2 is 1.87 bits per heavy atom. The number of amides is 2. The molecule has 2 amide bonds. The summed E-state index contributed by atoms with van der Waals surface area (Å²) in [6.45, 7) is 1.88. The molecule has 0 aromatic heterocycles. The molecule has 0 unspecified atom stereocenters. The number of nitrogens with one attached hydrogen (secondary N) is 2. The van der Waals surface area contributed by atoms with Crippen LogP contribution >= 0.6 is 22.6 Å². The highest BCUT2D eigenvalue weighted by atomic mass is 127. The molecule has 2 rings (SSSR count). The van der Waals surface area contributed by atoms with Crippen molar-refractivity contribution in [2.24, 2.45) is 0 Å². The zero-order valence-electron chi connectivity index (χ0n) is 12.6. The van der Waals surface area contributed by atoms with Gasteiger partial charge in [-0.25, -0.2) is 0 Å². The first-order chi connectivity index (χ1) is 11.1. The number of hydrazine groups is 1. The summed E-state index contributed by atoms with van der Waals surface area (Å²) < 4.78 is 6.22. The standard InChI is InChI=1S/C17H17IN2O3/c1-2-12-6-5-7-13(10-12)23-11-16(21)19-20-17(22)14-8-3-4-9-15(14)18/h3-10H,2,11H2,1H3,(H,19,21)(H,20,22). The van der Waals surface area contributed by atoms with Crippen LogP contribution in [0.3, 0.4) is 0 Å². The number of hydrogen-bond acceptors (Lipinski definition) is 3. The Bertz CT molecular complexity index is 704. The van der Waals surface area contributed by atoms with Gasteiger partial charge in [0.25, 0.3) is 11.8 Å². The van der Waals surface area contributed by atoms with Crippen LogP contribution in [0.1, 0.15) is 22.8 Å². The fraction of sp³-hybridized carbons (Fsp3) is 0.176. The number of rotatable bonds is 5. The Hall–Kier alpha value is -2.09. The number of hydrogen-bond donors (Lipinski definition) is 2. The van der Waals surface area contributed by atoms with E-state index in [1.165, 1.54) is 0 Å². The Labute approximate surface area is 148 Å². The van der Waals surface area contributed by atoms with Crippen molar-refractivity contribution in [3.05, 3.63) is 63.2 Å². The molecule has 2 aromatic rings. The maximum Gasteiger partial charge on any atom is 0.276 e. The second-order valence-corrected chi connectivity index (χ2v) is 5.93. The van der Waals surface area contributed by atoms with Crippen molar-refractivity contribution in [1.29, 1.82) is 0 Å². The molecule has 0 aliphatic heterocycles. The SMILES string of the molecule is CCc1cccc(OCC(=O)NNC(=O)c2ccccc2I)c1. The molecule has 0 bridgehead atoms. The summed E-state index contributed by atoms with van der Waals surface area (Å²) in [6.07, 6.45) is 0.898. The molecule has 6 heteroatoms. The van der Waals surface area contributed by atoms with E-state index in [1.54, 1.807) is 18.2 Å². The monoisotopic (exact) mass is 424 g/mol. The van der Waals surface area contributed by atoms with Gasteiger partial charge in [-0.2, -0.15) is 0 Å². The van der Waals surface area contributed by atoms with Gasteiger partial charge in [-0.1, -0.05) is 31.2 Å². The molecule has 0 atom stereocenters. The summed E-state index contributed by atoms with van der Waals surface area (Å²) in [7, 11) is 0. The predicted octanol–water partition coefficient (Wildman–Crippen LogP) is 2.69. The van der Waals surface area contributed by atoms with Crippen LogP contribution in [0.5, 0.6) is 5.75 Å². The number of carbonyl (C=O) groups is 2. The highest BCUT2D eigenvalue weighted by Crippen LogP contribution is 2.13. The molecule has 5 nitrogen and oxygen atoms in total. The molecule has 2 N–H and O–H groups in total. The average Bonchev–Trinajstić information content (AvgIpc) is 2.58. The molecule has 120 valence electrons. The summed E-state index contributed by atoms with van der Waals surface area (Å²) in [5.74, 6) is -0.161. The third-order valence-electron chi connectivity index (χ3n) is 3.11. The van der Waals surface area contributed by atoms with Gasteiger partial charge >= 0.3 is 0 Å². The topological polar surface area (TPSA) is 67.4 Å². The van der Waals surface area contributed by atoms with Gasteiger partial charge < -0.3 is 4.74 Å². The van der Waals surface area contributed by atoms with E-state index in [-0.39, 0.29) is 12.5 Å². The quantitative estimate of drug-likeness (QED) is 0.573. The van der Waals surface area contributed by atoms with E-state index in [0.29, 0.717) is 11.3 Å². The van der Waals surface area contributed by atoms with Gasteiger partial charge in [-0.05, 0) is 58.8 Å². The van der Waals surface area contributed by atoms with Gasteiger partial charge in [0.15, 0.2) is 6.61 Å². The fourth-order valence-electron chi connectivity index (χ4n) is 1.88. The summed E-state index contributed by atoms with van der Waals surface area (Å²) in [4.78, 5) is 23.7. The lowest BCUT2D eigenvalue weighted by Gasteiger charge is -2.10. The Balaban J connectivity index is 1.81. The second kappa shape index (κ2) is 8.52. The van der Waals surface area contributed by atoms with Crippen LogP contribution in [0.25, 0.3) is 0 Å². The van der Waals surface area contributed by atoms with E-state index in [2.05, 4.69) is 33.4 Å². The first-order valence-corrected chi connectivity index (χ1v) is 8.23. The van der Waals surface area contributed by atoms with Crippen molar-refractivity contribution in [2.45, 2.75) is 13.3 Å². The molecular weight excluding hydrogens is 407 g/mol. The van der Waals surface area contributed by atoms with Gasteiger partial charge in [-0.15, -0.1) is 0 Å². The number of halogens is 1. The average molecular weight is 424 g/mol. The maximum atomic E-state index is 12.0. The van der Waals surface area contributed by atoms with E-state index in [9.17, 15) is 9.59 Å². The minimum Gasteiger partial charge on any atom is -0.484 e. The zero-order valence-corrected chi connectivity index (χ0v) is 14.8. The van der Waals surface area contributed by atoms with Gasteiger partial charge in [0.05, 0.1) is 5.56 Å². The van der Waals surface area contributed by atoms with Crippen molar-refractivity contribution >= 4 is 34.4 Å². The lowest BCUT2D eigenvalue weighted by Crippen LogP contribution is -2.44. The Kier molecular flexibility index (Phi) is 6.40. The minimum atomic E-state index is -0.425. The molecule has 0 spiro atoms. The van der Waals surface area contributed by atoms with Crippen LogP contribution in [0.15, 0.2) is 48.5 Å². The van der Waals surface area contributed by atoms with E-state index < -0.39 is 5.91 Å². The highest BCUT2D eigenvalue weighted by Gasteiger charge is 2.10. The summed E-state index contributed by atoms with van der Waals surface area (Å²) >= 11 is 2.07. The van der Waals surface area contributed by atoms with Crippen molar-refractivity contribution < 1.29 is 14.3 Å². The predicted molar refractivity (Wildman–Crippen MR) is 96.1 cm³/mol. The Morgan fingerprint density at radius 3 is 2.61 bits per heavy atom. The van der Waals surface area contributed by atoms with Crippen molar-refractivity contribution in [2.75, 3.05) is 6.61 Å². The van der Waals surface area contributed by atoms with Crippen LogP contribution in [0.2, 0.25) is 0 Å². The van der Waals surface area contributed by atoms with Gasteiger partial charge in [-0.3, -0.25) is 20.4 Å². The van der Waals surface area contributed by atoms with Gasteiger partial charge in [0, 0.05) is 3.57 Å². The first kappa shape index (κ1) is 17.3. The summed E-state index contributed by atoms with van der Waals surface area (Å²) in [5.41, 5.74) is 6.35. The molecule has 0 saturated carbocycles. The van der Waals surface area contributed by atoms with Crippen molar-refractivity contribution in [3.63, 3.8) is 0 Å². The van der Waals surface area contributed by atoms with Crippen molar-refractivity contribution in [1.82, 2.24) is 10.9 Å². The third kappa shape index (κ3) is 5.24. The first-order valence-electron chi connectivity index (χ1n) is 7.15. The largest absolute Gasteiger partial charge is 0.484 e. The number of ether oxygens (including phenoxy) is 1. The molecule has 0 aliphatic carbocycles. The molecule has 23 heavy (non-hydrogen) atoms. The Morgan fingerprint density at radius 1 is 1.09 bits per heavy atom. The molecule has 0 saturated heterocycles. The molecule has 0 aliphatic rings. The maximum absolute atomic E-state index is 12.0. The van der Waals surface area contributed by atoms with Crippen LogP contribution < -0.4 is 15.6 Å². The van der Waals surface area contributed by atoms with Crippen LogP contribution in [-0.2, 0) is 11.2 Å². The molecule has 0 fully saturated rings. The number of benzene rings is 2. The number of aryl methyl sites for hydroxylation is 1. The fourth-order valence-corrected chi connectivity index (χ4v) is 2.51. The molecule has 2 aromatic carbocycles. The third-order valence-corrected chi connectivity index (χ3v) is 4.05.